The van der Waals surface area contributed by atoms with Crippen molar-refractivity contribution >= 4 is 136 Å². The van der Waals surface area contributed by atoms with Crippen LogP contribution >= 0.6 is 23.5 Å². The SMILES string of the molecule is Cc1ccc2c(ccn2-c2ccc3c(c2)B(O)CC3)c1.N#CCCSc1cn(-c2ccc3c(c2)B(O)CC3)c2ccccc12.Nc1cc2c(cc1F)CCB2O.OB1CCc2cc(F)c(CCc3ccccc3)cc21.OB1CCc2cc3c(cc21)OCO3.OB1CCc2ccc(-n3cc(Sc4ccccc4)c4ccccc43)cc21. The molecule has 0 radical (unpaired) electrons. The van der Waals surface area contributed by atoms with Gasteiger partial charge in [0.25, 0.3) is 0 Å². The van der Waals surface area contributed by atoms with Crippen LogP contribution in [0.25, 0.3) is 49.8 Å². The predicted octanol–water partition coefficient (Wildman–Crippen LogP) is 13.3. The first kappa shape index (κ1) is 77.6. The third kappa shape index (κ3) is 16.9. The number of aromatic nitrogens is 3. The lowest BCUT2D eigenvalue weighted by molar-refractivity contribution is 0.174. The van der Waals surface area contributed by atoms with Gasteiger partial charge in [-0.2, -0.15) is 5.26 Å². The number of fused-ring (bicyclic) bond motifs is 10. The van der Waals surface area contributed by atoms with Gasteiger partial charge in [0.15, 0.2) is 11.5 Å². The topological polar surface area (TPSA) is 204 Å². The van der Waals surface area contributed by atoms with Crippen LogP contribution in [-0.4, -0.2) is 97.9 Å². The number of nitriles is 1. The molecular weight excluding hydrogens is 1460 g/mol. The highest BCUT2D eigenvalue weighted by molar-refractivity contribution is 7.99. The van der Waals surface area contributed by atoms with E-state index in [4.69, 9.17) is 20.5 Å². The number of nitrogen functional groups attached to an aromatic ring is 1. The Morgan fingerprint density at radius 3 is 1.46 bits per heavy atom. The second kappa shape index (κ2) is 34.8. The van der Waals surface area contributed by atoms with Crippen molar-refractivity contribution in [2.24, 2.45) is 0 Å². The number of nitrogens with two attached hydrogens (primary N) is 1. The van der Waals surface area contributed by atoms with E-state index in [0.717, 1.165) is 160 Å². The van der Waals surface area contributed by atoms with Gasteiger partial charge in [0.05, 0.1) is 28.3 Å². The molecule has 11 aromatic carbocycles. The lowest BCUT2D eigenvalue weighted by Gasteiger charge is -2.09. The number of benzene rings is 11. The van der Waals surface area contributed by atoms with Crippen molar-refractivity contribution < 1.29 is 48.4 Å². The fraction of sp³-hybridized carbons (Fsp3) is 0.198. The number of ether oxygens (including phenoxy) is 2. The minimum Gasteiger partial charge on any atom is -0.454 e. The maximum absolute atomic E-state index is 14.0. The van der Waals surface area contributed by atoms with Gasteiger partial charge in [0.2, 0.25) is 6.79 Å². The van der Waals surface area contributed by atoms with E-state index in [9.17, 15) is 38.9 Å². The Morgan fingerprint density at radius 1 is 0.439 bits per heavy atom. The number of hydrogen-bond donors (Lipinski definition) is 7. The predicted molar refractivity (Wildman–Crippen MR) is 466 cm³/mol. The van der Waals surface area contributed by atoms with Crippen LogP contribution in [0.3, 0.4) is 0 Å². The van der Waals surface area contributed by atoms with Gasteiger partial charge in [-0.1, -0.05) is 149 Å². The number of aryl methyl sites for hydroxylation is 9. The van der Waals surface area contributed by atoms with Crippen LogP contribution < -0.4 is 48.0 Å². The average Bonchev–Trinajstić information content (AvgIpc) is 1.77. The summed E-state index contributed by atoms with van der Waals surface area (Å²) < 4.78 is 44.0. The fourth-order valence-corrected chi connectivity index (χ4v) is 18.7. The highest BCUT2D eigenvalue weighted by Gasteiger charge is 2.32. The standard InChI is InChI=1S/C22H18BNOS.C19H17BN2OS.C17H16BNO.C16H16BFO.C9H9BO3.C8H9BFNO/c25-23-13-12-16-10-11-17(14-20(16)23)24-15-22(19-8-4-5-9-21(19)24)26-18-6-2-1-3-7-18;21-10-3-11-24-19-13-22(18-5-2-1-4-16(18)19)15-7-6-14-8-9-20(23)17(14)12-15;1-12-2-5-17-14(10-12)7-9-19(17)15-4-3-13-6-8-18(20)16(13)11-15;18-16-11-13-8-9-17(19)15(13)10-14(16)7-6-12-4-2-1-3-5-12;11-10-2-1-6-3-8-9(4-7(6)10)13-5-12-8;10-7-3-5-1-2-9(12)6(5)4-8(7)11/h1-11,14-15,25H,12-13H2;1-2,4-7,12-13,23H,3,8-9,11H2;2-5,7,9-11,20H,6,8H2,1H3;1-5,10-11,19H,6-9H2;3-4,11H,1-2,5H2;3-4,12H,1-2,11H2. The molecule has 0 bridgehead atoms. The van der Waals surface area contributed by atoms with Crippen LogP contribution in [0.15, 0.2) is 258 Å². The Morgan fingerprint density at radius 2 is 0.895 bits per heavy atom. The minimum absolute atomic E-state index is 0.120. The molecule has 0 aliphatic carbocycles. The molecule has 8 N–H and O–H groups in total. The summed E-state index contributed by atoms with van der Waals surface area (Å²) in [5.74, 6) is 1.85. The van der Waals surface area contributed by atoms with Crippen molar-refractivity contribution in [3.8, 4) is 34.6 Å². The molecule has 7 aliphatic rings. The summed E-state index contributed by atoms with van der Waals surface area (Å²) in [5, 5.41) is 71.8. The molecule has 0 spiro atoms. The Kier molecular flexibility index (Phi) is 23.7. The van der Waals surface area contributed by atoms with Gasteiger partial charge in [-0.15, -0.1) is 11.8 Å². The summed E-state index contributed by atoms with van der Waals surface area (Å²) in [6.07, 6.45) is 18.6. The van der Waals surface area contributed by atoms with Gasteiger partial charge in [-0.05, 0) is 266 Å². The number of rotatable bonds is 11. The van der Waals surface area contributed by atoms with Gasteiger partial charge < -0.3 is 59.1 Å². The number of nitrogens with zero attached hydrogens (tertiary/aromatic N) is 4. The van der Waals surface area contributed by atoms with E-state index in [1.54, 1.807) is 29.6 Å². The smallest absolute Gasteiger partial charge is 0.324 e. The van der Waals surface area contributed by atoms with Crippen molar-refractivity contribution in [2.45, 2.75) is 117 Å². The zero-order valence-electron chi connectivity index (χ0n) is 63.5. The Bertz CT molecular complexity index is 5910. The molecule has 0 saturated heterocycles. The molecule has 21 rings (SSSR count). The lowest BCUT2D eigenvalue weighted by atomic mass is 9.63. The van der Waals surface area contributed by atoms with Gasteiger partial charge >= 0.3 is 41.5 Å². The van der Waals surface area contributed by atoms with Crippen LogP contribution in [0.5, 0.6) is 11.5 Å². The van der Waals surface area contributed by atoms with E-state index in [-0.39, 0.29) is 45.0 Å². The number of halogens is 2. The first-order valence-corrected chi connectivity index (χ1v) is 41.2. The molecule has 14 aromatic rings. The summed E-state index contributed by atoms with van der Waals surface area (Å²) >= 11 is 3.51. The monoisotopic (exact) mass is 1540 g/mol. The number of thioether (sulfide) groups is 1. The maximum Gasteiger partial charge on any atom is 0.324 e. The second-order valence-corrected chi connectivity index (χ2v) is 32.5. The van der Waals surface area contributed by atoms with Gasteiger partial charge in [0, 0.05) is 78.7 Å². The van der Waals surface area contributed by atoms with E-state index in [2.05, 4.69) is 197 Å². The molecule has 0 atom stereocenters. The maximum atomic E-state index is 14.0. The summed E-state index contributed by atoms with van der Waals surface area (Å²) in [6, 6.07) is 77.8. The highest BCUT2D eigenvalue weighted by atomic mass is 32.2. The van der Waals surface area contributed by atoms with E-state index < -0.39 is 13.8 Å². The molecule has 0 saturated carbocycles. The lowest BCUT2D eigenvalue weighted by Crippen LogP contribution is -2.26. The van der Waals surface area contributed by atoms with Gasteiger partial charge in [-0.3, -0.25) is 0 Å². The van der Waals surface area contributed by atoms with Crippen molar-refractivity contribution in [3.63, 3.8) is 0 Å². The third-order valence-electron chi connectivity index (χ3n) is 22.9. The molecular formula is C91H85B6F2N5O8S2. The summed E-state index contributed by atoms with van der Waals surface area (Å²) in [5.41, 5.74) is 28.4. The first-order chi connectivity index (χ1) is 55.6. The average molecular weight is 1540 g/mol. The van der Waals surface area contributed by atoms with Crippen LogP contribution in [0, 0.1) is 29.9 Å². The molecule has 114 heavy (non-hydrogen) atoms. The first-order valence-electron chi connectivity index (χ1n) is 39.4. The van der Waals surface area contributed by atoms with E-state index in [1.807, 2.05) is 54.6 Å². The van der Waals surface area contributed by atoms with Crippen LogP contribution in [0.2, 0.25) is 37.9 Å². The molecule has 566 valence electrons. The molecule has 13 nitrogen and oxygen atoms in total. The van der Waals surface area contributed by atoms with Gasteiger partial charge in [-0.25, -0.2) is 8.78 Å². The van der Waals surface area contributed by atoms with Crippen LogP contribution in [-0.2, 0) is 51.4 Å². The largest absolute Gasteiger partial charge is 0.454 e. The van der Waals surface area contributed by atoms with Crippen molar-refractivity contribution in [1.82, 2.24) is 13.7 Å². The zero-order valence-corrected chi connectivity index (χ0v) is 65.2. The Hall–Kier alpha value is -10.4. The van der Waals surface area contributed by atoms with Crippen LogP contribution in [0.1, 0.15) is 56.5 Å². The van der Waals surface area contributed by atoms with E-state index in [0.29, 0.717) is 31.5 Å². The summed E-state index contributed by atoms with van der Waals surface area (Å²) in [7, 11) is 0. The molecule has 0 fully saturated rings. The molecule has 7 aliphatic heterocycles. The summed E-state index contributed by atoms with van der Waals surface area (Å²) in [4.78, 5) is 3.68. The zero-order chi connectivity index (χ0) is 78.5. The molecule has 0 amide bonds. The second-order valence-electron chi connectivity index (χ2n) is 30.3. The Labute approximate surface area is 674 Å². The summed E-state index contributed by atoms with van der Waals surface area (Å²) in [6.45, 7) is 0.264. The number of anilines is 1. The molecule has 0 unspecified atom stereocenters. The van der Waals surface area contributed by atoms with Crippen LogP contribution in [0.4, 0.5) is 14.5 Å². The van der Waals surface area contributed by atoms with E-state index in [1.165, 1.54) is 87.4 Å². The molecule has 23 heteroatoms. The normalized spacial score (nSPS) is 14.2. The highest BCUT2D eigenvalue weighted by Crippen LogP contribution is 2.39. The van der Waals surface area contributed by atoms with E-state index >= 15 is 0 Å². The third-order valence-corrected chi connectivity index (χ3v) is 25.0. The quantitative estimate of drug-likeness (QED) is 0.0280. The van der Waals surface area contributed by atoms with Crippen molar-refractivity contribution in [2.75, 3.05) is 18.3 Å². The number of hydrogen-bond acceptors (Lipinski definition) is 12. The van der Waals surface area contributed by atoms with Crippen molar-refractivity contribution in [3.05, 3.63) is 305 Å². The molecule has 10 heterocycles. The fourth-order valence-electron chi connectivity index (χ4n) is 16.7. The molecule has 3 aromatic heterocycles. The van der Waals surface area contributed by atoms with Crippen molar-refractivity contribution in [1.29, 1.82) is 5.26 Å². The number of para-hydroxylation sites is 2. The van der Waals surface area contributed by atoms with Gasteiger partial charge in [0.1, 0.15) is 11.6 Å². The Balaban J connectivity index is 0.000000105. The minimum atomic E-state index is -0.456.